The Morgan fingerprint density at radius 2 is 2.28 bits per heavy atom. The molecule has 0 atom stereocenters. The van der Waals surface area contributed by atoms with Gasteiger partial charge in [-0.1, -0.05) is 6.08 Å². The number of hydrogen-bond acceptors (Lipinski definition) is 3. The van der Waals surface area contributed by atoms with Crippen molar-refractivity contribution in [3.05, 3.63) is 12.7 Å². The second-order valence-corrected chi connectivity index (χ2v) is 3.37. The number of guanidine groups is 1. The highest BCUT2D eigenvalue weighted by Gasteiger charge is 2.27. The van der Waals surface area contributed by atoms with Gasteiger partial charge in [0.2, 0.25) is 5.91 Å². The van der Waals surface area contributed by atoms with Crippen LogP contribution in [0.1, 0.15) is 0 Å². The van der Waals surface area contributed by atoms with Crippen LogP contribution >= 0.6 is 24.0 Å². The lowest BCUT2D eigenvalue weighted by molar-refractivity contribution is -0.124. The van der Waals surface area contributed by atoms with Crippen LogP contribution in [0.15, 0.2) is 17.6 Å². The zero-order valence-corrected chi connectivity index (χ0v) is 12.6. The highest BCUT2D eigenvalue weighted by Crippen LogP contribution is 1.96. The molecule has 1 saturated heterocycles. The molecule has 7 nitrogen and oxygen atoms in total. The van der Waals surface area contributed by atoms with E-state index in [1.54, 1.807) is 13.1 Å². The van der Waals surface area contributed by atoms with E-state index in [1.165, 1.54) is 4.90 Å². The molecular weight excluding hydrogens is 349 g/mol. The SMILES string of the molecule is C=CCNC(=NC)NCCN1C(=O)CNC1=O.I. The molecule has 1 rings (SSSR count). The van der Waals surface area contributed by atoms with Crippen molar-refractivity contribution in [1.29, 1.82) is 0 Å². The van der Waals surface area contributed by atoms with Crippen molar-refractivity contribution in [2.75, 3.05) is 33.2 Å². The highest BCUT2D eigenvalue weighted by atomic mass is 127. The van der Waals surface area contributed by atoms with Gasteiger partial charge in [-0.25, -0.2) is 4.79 Å². The summed E-state index contributed by atoms with van der Waals surface area (Å²) >= 11 is 0. The molecule has 8 heteroatoms. The van der Waals surface area contributed by atoms with E-state index in [2.05, 4.69) is 27.5 Å². The summed E-state index contributed by atoms with van der Waals surface area (Å²) in [6.07, 6.45) is 1.71. The molecular formula is C10H18IN5O2. The van der Waals surface area contributed by atoms with E-state index in [0.717, 1.165) is 0 Å². The van der Waals surface area contributed by atoms with Gasteiger partial charge in [0, 0.05) is 26.7 Å². The maximum Gasteiger partial charge on any atom is 0.324 e. The fraction of sp³-hybridized carbons (Fsp3) is 0.500. The fourth-order valence-electron chi connectivity index (χ4n) is 1.36. The van der Waals surface area contributed by atoms with Gasteiger partial charge in [0.05, 0.1) is 6.54 Å². The summed E-state index contributed by atoms with van der Waals surface area (Å²) in [5, 5.41) is 8.43. The van der Waals surface area contributed by atoms with Crippen molar-refractivity contribution < 1.29 is 9.59 Å². The first-order chi connectivity index (χ1) is 8.19. The van der Waals surface area contributed by atoms with E-state index in [9.17, 15) is 9.59 Å². The molecule has 1 heterocycles. The Kier molecular flexibility index (Phi) is 8.08. The van der Waals surface area contributed by atoms with Crippen LogP contribution in [0.2, 0.25) is 0 Å². The van der Waals surface area contributed by atoms with Crippen molar-refractivity contribution in [3.8, 4) is 0 Å². The molecule has 102 valence electrons. The minimum Gasteiger partial charge on any atom is -0.355 e. The Morgan fingerprint density at radius 3 is 2.78 bits per heavy atom. The average molecular weight is 367 g/mol. The minimum atomic E-state index is -0.342. The number of carbonyl (C=O) groups is 2. The number of aliphatic imine (C=N–C) groups is 1. The first-order valence-electron chi connectivity index (χ1n) is 5.32. The van der Waals surface area contributed by atoms with E-state index in [4.69, 9.17) is 0 Å². The summed E-state index contributed by atoms with van der Waals surface area (Å²) < 4.78 is 0. The van der Waals surface area contributed by atoms with Crippen LogP contribution in [0.5, 0.6) is 0 Å². The normalized spacial score (nSPS) is 14.9. The molecule has 0 aromatic rings. The van der Waals surface area contributed by atoms with Gasteiger partial charge >= 0.3 is 6.03 Å². The highest BCUT2D eigenvalue weighted by molar-refractivity contribution is 14.0. The molecule has 0 spiro atoms. The molecule has 0 aromatic carbocycles. The third kappa shape index (κ3) is 4.90. The first kappa shape index (κ1) is 16.7. The summed E-state index contributed by atoms with van der Waals surface area (Å²) in [5.41, 5.74) is 0. The number of urea groups is 1. The van der Waals surface area contributed by atoms with Crippen molar-refractivity contribution >= 4 is 41.9 Å². The van der Waals surface area contributed by atoms with Gasteiger partial charge in [-0.3, -0.25) is 14.7 Å². The molecule has 1 aliphatic rings. The van der Waals surface area contributed by atoms with E-state index in [1.807, 2.05) is 0 Å². The number of hydrogen-bond donors (Lipinski definition) is 3. The Hall–Kier alpha value is -1.32. The van der Waals surface area contributed by atoms with Crippen molar-refractivity contribution in [2.24, 2.45) is 4.99 Å². The Bertz CT molecular complexity index is 329. The summed E-state index contributed by atoms with van der Waals surface area (Å²) in [6.45, 7) is 5.04. The van der Waals surface area contributed by atoms with Gasteiger partial charge in [0.15, 0.2) is 5.96 Å². The van der Waals surface area contributed by atoms with Gasteiger partial charge in [-0.2, -0.15) is 0 Å². The van der Waals surface area contributed by atoms with E-state index >= 15 is 0 Å². The van der Waals surface area contributed by atoms with Gasteiger partial charge < -0.3 is 16.0 Å². The average Bonchev–Trinajstić information content (AvgIpc) is 2.64. The number of nitrogens with zero attached hydrogens (tertiary/aromatic N) is 2. The van der Waals surface area contributed by atoms with Crippen LogP contribution in [0, 0.1) is 0 Å². The van der Waals surface area contributed by atoms with E-state index in [-0.39, 0.29) is 42.5 Å². The number of imide groups is 1. The lowest BCUT2D eigenvalue weighted by Crippen LogP contribution is -2.43. The van der Waals surface area contributed by atoms with Crippen molar-refractivity contribution in [1.82, 2.24) is 20.9 Å². The first-order valence-corrected chi connectivity index (χ1v) is 5.32. The lowest BCUT2D eigenvalue weighted by Gasteiger charge is -2.14. The Morgan fingerprint density at radius 1 is 1.56 bits per heavy atom. The van der Waals surface area contributed by atoms with Crippen molar-refractivity contribution in [2.45, 2.75) is 0 Å². The van der Waals surface area contributed by atoms with Crippen LogP contribution in [0.4, 0.5) is 4.79 Å². The largest absolute Gasteiger partial charge is 0.355 e. The smallest absolute Gasteiger partial charge is 0.324 e. The molecule has 0 aromatic heterocycles. The maximum atomic E-state index is 11.3. The van der Waals surface area contributed by atoms with Crippen LogP contribution < -0.4 is 16.0 Å². The monoisotopic (exact) mass is 367 g/mol. The molecule has 1 aliphatic heterocycles. The molecule has 0 radical (unpaired) electrons. The molecule has 18 heavy (non-hydrogen) atoms. The maximum absolute atomic E-state index is 11.3. The van der Waals surface area contributed by atoms with Gasteiger partial charge in [-0.15, -0.1) is 30.6 Å². The van der Waals surface area contributed by atoms with Crippen LogP contribution in [-0.4, -0.2) is 56.0 Å². The quantitative estimate of drug-likeness (QED) is 0.201. The van der Waals surface area contributed by atoms with E-state index in [0.29, 0.717) is 25.6 Å². The predicted octanol–water partition coefficient (Wildman–Crippen LogP) is -0.493. The number of nitrogens with one attached hydrogen (secondary N) is 3. The van der Waals surface area contributed by atoms with E-state index < -0.39 is 0 Å². The number of carbonyl (C=O) groups excluding carboxylic acids is 2. The second-order valence-electron chi connectivity index (χ2n) is 3.37. The fourth-order valence-corrected chi connectivity index (χ4v) is 1.36. The van der Waals surface area contributed by atoms with Crippen LogP contribution in [-0.2, 0) is 4.79 Å². The van der Waals surface area contributed by atoms with Gasteiger partial charge in [0.25, 0.3) is 0 Å². The zero-order chi connectivity index (χ0) is 12.7. The third-order valence-electron chi connectivity index (χ3n) is 2.20. The number of rotatable bonds is 5. The zero-order valence-electron chi connectivity index (χ0n) is 10.2. The summed E-state index contributed by atoms with van der Waals surface area (Å²) in [6, 6.07) is -0.342. The molecule has 0 bridgehead atoms. The predicted molar refractivity (Wildman–Crippen MR) is 80.1 cm³/mol. The summed E-state index contributed by atoms with van der Waals surface area (Å²) in [5.74, 6) is 0.405. The number of halogens is 1. The summed E-state index contributed by atoms with van der Waals surface area (Å²) in [7, 11) is 1.64. The molecule has 0 aliphatic carbocycles. The molecule has 0 saturated carbocycles. The number of amides is 3. The third-order valence-corrected chi connectivity index (χ3v) is 2.20. The molecule has 0 unspecified atom stereocenters. The minimum absolute atomic E-state index is 0. The molecule has 3 N–H and O–H groups in total. The topological polar surface area (TPSA) is 85.8 Å². The van der Waals surface area contributed by atoms with Crippen LogP contribution in [0.25, 0.3) is 0 Å². The molecule has 3 amide bonds. The summed E-state index contributed by atoms with van der Waals surface area (Å²) in [4.78, 5) is 27.6. The van der Waals surface area contributed by atoms with Crippen molar-refractivity contribution in [3.63, 3.8) is 0 Å². The van der Waals surface area contributed by atoms with Crippen LogP contribution in [0.3, 0.4) is 0 Å². The Balaban J connectivity index is 0.00000289. The lowest BCUT2D eigenvalue weighted by atomic mass is 10.5. The second kappa shape index (κ2) is 8.72. The standard InChI is InChI=1S/C10H17N5O2.HI/c1-3-4-12-9(11-2)13-5-6-15-8(16)7-14-10(15)17;/h3H,1,4-7H2,2H3,(H,14,17)(H2,11,12,13);1H. The van der Waals surface area contributed by atoms with Gasteiger partial charge in [-0.05, 0) is 0 Å². The molecule has 1 fully saturated rings. The van der Waals surface area contributed by atoms with Gasteiger partial charge in [0.1, 0.15) is 0 Å². The Labute approximate surface area is 123 Å².